The monoisotopic (exact) mass is 494 g/mol. The van der Waals surface area contributed by atoms with Crippen LogP contribution in [0.3, 0.4) is 0 Å². The Morgan fingerprint density at radius 2 is 1.66 bits per heavy atom. The van der Waals surface area contributed by atoms with E-state index in [2.05, 4.69) is 0 Å². The highest BCUT2D eigenvalue weighted by molar-refractivity contribution is 6.06. The number of benzene rings is 2. The summed E-state index contributed by atoms with van der Waals surface area (Å²) in [6.45, 7) is -0.670. The van der Waals surface area contributed by atoms with Crippen molar-refractivity contribution in [3.63, 3.8) is 0 Å². The van der Waals surface area contributed by atoms with Crippen LogP contribution in [0.4, 0.5) is 0 Å². The van der Waals surface area contributed by atoms with Crippen LogP contribution in [-0.4, -0.2) is 94.1 Å². The molecule has 12 heteroatoms. The van der Waals surface area contributed by atoms with Gasteiger partial charge in [0.25, 0.3) is 0 Å². The molecular weight excluding hydrogens is 468 g/mol. The van der Waals surface area contributed by atoms with Gasteiger partial charge in [0.05, 0.1) is 20.8 Å². The van der Waals surface area contributed by atoms with Gasteiger partial charge in [-0.15, -0.1) is 0 Å². The predicted octanol–water partition coefficient (Wildman–Crippen LogP) is -0.735. The van der Waals surface area contributed by atoms with Crippen LogP contribution >= 0.6 is 0 Å². The molecule has 2 heterocycles. The highest BCUT2D eigenvalue weighted by atomic mass is 16.7. The van der Waals surface area contributed by atoms with E-state index in [1.807, 2.05) is 0 Å². The molecule has 190 valence electrons. The van der Waals surface area contributed by atoms with Crippen molar-refractivity contribution in [3.05, 3.63) is 41.5 Å². The van der Waals surface area contributed by atoms with Crippen molar-refractivity contribution >= 4 is 5.78 Å². The summed E-state index contributed by atoms with van der Waals surface area (Å²) in [7, 11) is 2.74. The van der Waals surface area contributed by atoms with Crippen LogP contribution in [0, 0.1) is 0 Å². The minimum atomic E-state index is -1.73. The number of carbonyl (C=O) groups excluding carboxylic acids is 1. The van der Waals surface area contributed by atoms with Crippen LogP contribution in [-0.2, 0) is 4.74 Å². The zero-order valence-electron chi connectivity index (χ0n) is 18.8. The SMILES string of the molecule is COc1ccc([C@@H]2Oc3c(OC)c(O[C@@H]4O[C@@H](CO)[C@@H](O)[C@H](O)[C@H]4O)cc(O)c3C(=O)[C@@H]2O)cc1. The lowest BCUT2D eigenvalue weighted by molar-refractivity contribution is -0.277. The summed E-state index contributed by atoms with van der Waals surface area (Å²) in [6.07, 6.45) is -10.6. The molecule has 0 aliphatic carbocycles. The van der Waals surface area contributed by atoms with Crippen molar-refractivity contribution in [2.45, 2.75) is 42.9 Å². The molecule has 0 amide bonds. The van der Waals surface area contributed by atoms with E-state index in [0.717, 1.165) is 6.07 Å². The Bertz CT molecular complexity index is 1070. The molecule has 0 saturated carbocycles. The lowest BCUT2D eigenvalue weighted by Crippen LogP contribution is -2.60. The maximum atomic E-state index is 13.0. The number of rotatable bonds is 6. The molecule has 2 aliphatic rings. The third kappa shape index (κ3) is 4.35. The number of fused-ring (bicyclic) bond motifs is 1. The molecule has 6 N–H and O–H groups in total. The molecular formula is C23H26O12. The van der Waals surface area contributed by atoms with Gasteiger partial charge in [0.2, 0.25) is 17.8 Å². The topological polar surface area (TPSA) is 185 Å². The first-order valence-electron chi connectivity index (χ1n) is 10.7. The van der Waals surface area contributed by atoms with E-state index in [-0.39, 0.29) is 22.8 Å². The summed E-state index contributed by atoms with van der Waals surface area (Å²) >= 11 is 0. The van der Waals surface area contributed by atoms with Crippen molar-refractivity contribution in [2.75, 3.05) is 20.8 Å². The Labute approximate surface area is 199 Å². The Balaban J connectivity index is 1.71. The number of aliphatic hydroxyl groups is 5. The number of phenolic OH excluding ortho intramolecular Hbond substituents is 1. The van der Waals surface area contributed by atoms with Gasteiger partial charge in [0, 0.05) is 6.07 Å². The number of aromatic hydroxyl groups is 1. The van der Waals surface area contributed by atoms with Gasteiger partial charge < -0.3 is 54.3 Å². The van der Waals surface area contributed by atoms with Gasteiger partial charge in [-0.05, 0) is 17.7 Å². The van der Waals surface area contributed by atoms with Crippen LogP contribution in [0.5, 0.6) is 28.7 Å². The van der Waals surface area contributed by atoms with E-state index in [1.165, 1.54) is 14.2 Å². The third-order valence-corrected chi connectivity index (χ3v) is 5.97. The van der Waals surface area contributed by atoms with Crippen LogP contribution in [0.1, 0.15) is 22.0 Å². The van der Waals surface area contributed by atoms with Gasteiger partial charge in [-0.1, -0.05) is 12.1 Å². The molecule has 0 spiro atoms. The Morgan fingerprint density at radius 1 is 0.971 bits per heavy atom. The molecule has 2 aromatic rings. The minimum Gasteiger partial charge on any atom is -0.507 e. The maximum absolute atomic E-state index is 13.0. The largest absolute Gasteiger partial charge is 0.507 e. The Hall–Kier alpha value is -3.13. The van der Waals surface area contributed by atoms with Crippen LogP contribution < -0.4 is 18.9 Å². The number of ketones is 1. The average Bonchev–Trinajstić information content (AvgIpc) is 2.86. The lowest BCUT2D eigenvalue weighted by Gasteiger charge is -2.40. The lowest BCUT2D eigenvalue weighted by atomic mass is 9.92. The molecule has 1 fully saturated rings. The van der Waals surface area contributed by atoms with Crippen molar-refractivity contribution in [1.82, 2.24) is 0 Å². The van der Waals surface area contributed by atoms with Gasteiger partial charge >= 0.3 is 0 Å². The maximum Gasteiger partial charge on any atom is 0.229 e. The van der Waals surface area contributed by atoms with Gasteiger partial charge in [-0.2, -0.15) is 0 Å². The molecule has 0 bridgehead atoms. The van der Waals surface area contributed by atoms with E-state index in [0.29, 0.717) is 11.3 Å². The smallest absolute Gasteiger partial charge is 0.229 e. The molecule has 35 heavy (non-hydrogen) atoms. The molecule has 4 rings (SSSR count). The second kappa shape index (κ2) is 9.85. The summed E-state index contributed by atoms with van der Waals surface area (Å²) in [5, 5.41) is 60.8. The fourth-order valence-electron chi connectivity index (χ4n) is 4.05. The molecule has 0 unspecified atom stereocenters. The van der Waals surface area contributed by atoms with Crippen LogP contribution in [0.15, 0.2) is 30.3 Å². The number of hydrogen-bond acceptors (Lipinski definition) is 12. The zero-order valence-corrected chi connectivity index (χ0v) is 18.8. The summed E-state index contributed by atoms with van der Waals surface area (Å²) in [5.74, 6) is -1.47. The van der Waals surface area contributed by atoms with E-state index >= 15 is 0 Å². The van der Waals surface area contributed by atoms with E-state index in [1.54, 1.807) is 24.3 Å². The van der Waals surface area contributed by atoms with E-state index in [4.69, 9.17) is 23.7 Å². The van der Waals surface area contributed by atoms with Crippen molar-refractivity contribution in [1.29, 1.82) is 0 Å². The average molecular weight is 494 g/mol. The van der Waals surface area contributed by atoms with Crippen molar-refractivity contribution in [3.8, 4) is 28.7 Å². The summed E-state index contributed by atoms with van der Waals surface area (Å²) in [5.41, 5.74) is 0.111. The minimum absolute atomic E-state index is 0.159. The van der Waals surface area contributed by atoms with Crippen LogP contribution in [0.25, 0.3) is 0 Å². The summed E-state index contributed by atoms with van der Waals surface area (Å²) in [4.78, 5) is 13.0. The van der Waals surface area contributed by atoms with Gasteiger partial charge in [-0.25, -0.2) is 0 Å². The van der Waals surface area contributed by atoms with Crippen LogP contribution in [0.2, 0.25) is 0 Å². The number of aliphatic hydroxyl groups excluding tert-OH is 5. The molecule has 2 aromatic carbocycles. The van der Waals surface area contributed by atoms with Crippen molar-refractivity contribution < 1.29 is 59.1 Å². The zero-order chi connectivity index (χ0) is 25.4. The predicted molar refractivity (Wildman–Crippen MR) is 116 cm³/mol. The number of hydrogen-bond donors (Lipinski definition) is 6. The highest BCUT2D eigenvalue weighted by Crippen LogP contribution is 2.50. The molecule has 1 saturated heterocycles. The van der Waals surface area contributed by atoms with E-state index < -0.39 is 61.1 Å². The quantitative estimate of drug-likeness (QED) is 0.296. The molecule has 2 aliphatic heterocycles. The first kappa shape index (κ1) is 25.0. The van der Waals surface area contributed by atoms with Gasteiger partial charge in [0.1, 0.15) is 41.5 Å². The normalized spacial score (nSPS) is 30.3. The second-order valence-corrected chi connectivity index (χ2v) is 8.07. The van der Waals surface area contributed by atoms with Gasteiger partial charge in [0.15, 0.2) is 23.7 Å². The second-order valence-electron chi connectivity index (χ2n) is 8.07. The molecule has 0 radical (unpaired) electrons. The number of methoxy groups -OCH3 is 2. The molecule has 0 aromatic heterocycles. The molecule has 7 atom stereocenters. The van der Waals surface area contributed by atoms with E-state index in [9.17, 15) is 35.4 Å². The number of Topliss-reactive ketones (excluding diaryl/α,β-unsaturated/α-hetero) is 1. The number of carbonyl (C=O) groups is 1. The summed E-state index contributed by atoms with van der Waals surface area (Å²) < 4.78 is 27.3. The standard InChI is InChI=1S/C23H26O12/c1-31-10-5-3-9(4-6-10)20-18(29)16(27)14-11(25)7-12(21(32-2)22(14)35-20)33-23-19(30)17(28)15(26)13(8-24)34-23/h3-7,13,15,17-20,23-26,28-30H,8H2,1-2H3/t13-,15+,17-,18-,19+,20-,23+/m0/s1. The Kier molecular flexibility index (Phi) is 7.03. The highest BCUT2D eigenvalue weighted by Gasteiger charge is 2.46. The first-order chi connectivity index (χ1) is 16.7. The van der Waals surface area contributed by atoms with Crippen molar-refractivity contribution in [2.24, 2.45) is 0 Å². The summed E-state index contributed by atoms with van der Waals surface area (Å²) in [6, 6.07) is 7.45. The fourth-order valence-corrected chi connectivity index (χ4v) is 4.05. The number of ether oxygens (including phenoxy) is 5. The van der Waals surface area contributed by atoms with Gasteiger partial charge in [-0.3, -0.25) is 4.79 Å². The fraction of sp³-hybridized carbons (Fsp3) is 0.435. The Morgan fingerprint density at radius 3 is 2.26 bits per heavy atom. The molecule has 12 nitrogen and oxygen atoms in total. The first-order valence-corrected chi connectivity index (χ1v) is 10.7. The third-order valence-electron chi connectivity index (χ3n) is 5.97. The number of phenols is 1.